The Balaban J connectivity index is 1.48. The second-order valence-corrected chi connectivity index (χ2v) is 9.92. The number of anilines is 1. The van der Waals surface area contributed by atoms with Crippen LogP contribution in [0.3, 0.4) is 0 Å². The molecule has 34 heavy (non-hydrogen) atoms. The maximum Gasteiger partial charge on any atom is 0.260 e. The van der Waals surface area contributed by atoms with Crippen LogP contribution < -0.4 is 10.6 Å². The number of nitrogens with one attached hydrogen (secondary N) is 2. The first kappa shape index (κ1) is 22.8. The molecule has 0 saturated carbocycles. The molecule has 5 rings (SSSR count). The van der Waals surface area contributed by atoms with Crippen LogP contribution in [0.1, 0.15) is 16.8 Å². The molecule has 4 nitrogen and oxygen atoms in total. The molecule has 1 saturated heterocycles. The van der Waals surface area contributed by atoms with E-state index in [4.69, 9.17) is 23.2 Å². The van der Waals surface area contributed by atoms with Gasteiger partial charge in [-0.25, -0.2) is 4.39 Å². The highest BCUT2D eigenvalue weighted by atomic mass is 35.5. The van der Waals surface area contributed by atoms with Gasteiger partial charge in [0, 0.05) is 28.7 Å². The maximum atomic E-state index is 14.0. The number of carbonyl (C=O) groups excluding carboxylic acids is 1. The molecule has 3 aromatic carbocycles. The van der Waals surface area contributed by atoms with E-state index in [0.29, 0.717) is 27.2 Å². The average Bonchev–Trinajstić information content (AvgIpc) is 3.30. The zero-order valence-electron chi connectivity index (χ0n) is 18.1. The Hall–Kier alpha value is -2.93. The molecule has 4 aromatic rings. The van der Waals surface area contributed by atoms with E-state index in [2.05, 4.69) is 21.3 Å². The molecule has 2 heterocycles. The number of aromatic nitrogens is 1. The third-order valence-corrected chi connectivity index (χ3v) is 7.54. The van der Waals surface area contributed by atoms with Gasteiger partial charge in [-0.3, -0.25) is 4.79 Å². The fourth-order valence-corrected chi connectivity index (χ4v) is 5.36. The van der Waals surface area contributed by atoms with E-state index < -0.39 is 5.50 Å². The highest BCUT2D eigenvalue weighted by Gasteiger charge is 2.28. The summed E-state index contributed by atoms with van der Waals surface area (Å²) in [6, 6.07) is 20.1. The number of benzene rings is 3. The highest BCUT2D eigenvalue weighted by molar-refractivity contribution is 8.05. The monoisotopic (exact) mass is 511 g/mol. The number of amides is 1. The maximum absolute atomic E-state index is 14.0. The number of hydrogen-bond acceptors (Lipinski definition) is 3. The minimum Gasteiger partial charge on any atom is -0.354 e. The first-order valence-electron chi connectivity index (χ1n) is 10.6. The quantitative estimate of drug-likeness (QED) is 0.282. The smallest absolute Gasteiger partial charge is 0.260 e. The molecule has 0 spiro atoms. The second-order valence-electron chi connectivity index (χ2n) is 7.95. The van der Waals surface area contributed by atoms with Crippen molar-refractivity contribution in [2.75, 3.05) is 5.32 Å². The predicted octanol–water partition coefficient (Wildman–Crippen LogP) is 7.04. The van der Waals surface area contributed by atoms with Crippen LogP contribution in [0.5, 0.6) is 0 Å². The van der Waals surface area contributed by atoms with Crippen LogP contribution in [-0.2, 0) is 11.3 Å². The van der Waals surface area contributed by atoms with Crippen molar-refractivity contribution in [1.29, 1.82) is 0 Å². The average molecular weight is 512 g/mol. The molecular formula is C26H20Cl2FN3OS. The van der Waals surface area contributed by atoms with Crippen LogP contribution in [0.4, 0.5) is 10.1 Å². The summed E-state index contributed by atoms with van der Waals surface area (Å²) in [5.74, 6) is -0.560. The summed E-state index contributed by atoms with van der Waals surface area (Å²) < 4.78 is 16.2. The molecular weight excluding hydrogens is 492 g/mol. The van der Waals surface area contributed by atoms with Crippen molar-refractivity contribution in [2.24, 2.45) is 0 Å². The minimum absolute atomic E-state index is 0.195. The topological polar surface area (TPSA) is 46.1 Å². The Morgan fingerprint density at radius 2 is 1.85 bits per heavy atom. The summed E-state index contributed by atoms with van der Waals surface area (Å²) in [4.78, 5) is 13.3. The molecule has 1 unspecified atom stereocenters. The minimum atomic E-state index is -0.458. The van der Waals surface area contributed by atoms with Gasteiger partial charge in [0.15, 0.2) is 5.50 Å². The lowest BCUT2D eigenvalue weighted by Crippen LogP contribution is -2.31. The first-order chi connectivity index (χ1) is 16.4. The molecule has 0 aliphatic carbocycles. The standard InChI is InChI=1S/C26H20Cl2FN3OS/c1-15-18(13-24-25(33)31-26(34-24)30-22-8-4-3-7-21(22)29)17-6-2-5-9-23(17)32(15)14-16-10-11-19(27)20(28)12-16/h2-13,26,30H,14H2,1H3,(H,31,33)/b24-13-. The molecule has 8 heteroatoms. The van der Waals surface area contributed by atoms with Crippen molar-refractivity contribution in [2.45, 2.75) is 19.0 Å². The van der Waals surface area contributed by atoms with Crippen molar-refractivity contribution in [1.82, 2.24) is 9.88 Å². The molecule has 1 atom stereocenters. The van der Waals surface area contributed by atoms with Crippen molar-refractivity contribution in [3.63, 3.8) is 0 Å². The molecule has 1 fully saturated rings. The molecule has 1 aliphatic rings. The van der Waals surface area contributed by atoms with Crippen LogP contribution in [0.2, 0.25) is 10.0 Å². The van der Waals surface area contributed by atoms with Crippen LogP contribution >= 0.6 is 35.0 Å². The van der Waals surface area contributed by atoms with Crippen LogP contribution in [0.25, 0.3) is 17.0 Å². The number of para-hydroxylation sites is 2. The Morgan fingerprint density at radius 3 is 2.65 bits per heavy atom. The summed E-state index contributed by atoms with van der Waals surface area (Å²) in [5, 5.41) is 8.00. The lowest BCUT2D eigenvalue weighted by atomic mass is 10.1. The highest BCUT2D eigenvalue weighted by Crippen LogP contribution is 2.35. The molecule has 1 aromatic heterocycles. The van der Waals surface area contributed by atoms with Gasteiger partial charge in [-0.15, -0.1) is 0 Å². The van der Waals surface area contributed by atoms with E-state index >= 15 is 0 Å². The summed E-state index contributed by atoms with van der Waals surface area (Å²) >= 11 is 13.6. The lowest BCUT2D eigenvalue weighted by molar-refractivity contribution is -0.116. The molecule has 1 amide bonds. The van der Waals surface area contributed by atoms with Crippen LogP contribution in [-0.4, -0.2) is 16.0 Å². The summed E-state index contributed by atoms with van der Waals surface area (Å²) in [6.45, 7) is 2.65. The molecule has 0 radical (unpaired) electrons. The number of nitrogens with zero attached hydrogens (tertiary/aromatic N) is 1. The Bertz CT molecular complexity index is 1450. The molecule has 2 N–H and O–H groups in total. The van der Waals surface area contributed by atoms with E-state index in [1.54, 1.807) is 24.3 Å². The number of carbonyl (C=O) groups is 1. The van der Waals surface area contributed by atoms with Crippen molar-refractivity contribution in [3.8, 4) is 0 Å². The number of halogens is 3. The van der Waals surface area contributed by atoms with E-state index in [1.165, 1.54) is 17.8 Å². The Labute approximate surface area is 210 Å². The number of thioether (sulfide) groups is 1. The first-order valence-corrected chi connectivity index (χ1v) is 12.3. The van der Waals surface area contributed by atoms with Gasteiger partial charge in [-0.2, -0.15) is 0 Å². The van der Waals surface area contributed by atoms with Gasteiger partial charge < -0.3 is 15.2 Å². The zero-order valence-corrected chi connectivity index (χ0v) is 20.4. The van der Waals surface area contributed by atoms with Gasteiger partial charge in [-0.05, 0) is 48.9 Å². The van der Waals surface area contributed by atoms with Gasteiger partial charge in [0.1, 0.15) is 5.82 Å². The molecule has 172 valence electrons. The SMILES string of the molecule is Cc1c(/C=C2\SC(Nc3ccccc3F)NC2=O)c2ccccc2n1Cc1ccc(Cl)c(Cl)c1. The Morgan fingerprint density at radius 1 is 1.09 bits per heavy atom. The van der Waals surface area contributed by atoms with Gasteiger partial charge in [0.2, 0.25) is 0 Å². The second kappa shape index (κ2) is 9.37. The fourth-order valence-electron chi connectivity index (χ4n) is 4.08. The van der Waals surface area contributed by atoms with Crippen LogP contribution in [0.15, 0.2) is 71.6 Å². The zero-order chi connectivity index (χ0) is 23.8. The summed E-state index contributed by atoms with van der Waals surface area (Å²) in [7, 11) is 0. The van der Waals surface area contributed by atoms with E-state index in [0.717, 1.165) is 27.7 Å². The lowest BCUT2D eigenvalue weighted by Gasteiger charge is -2.13. The summed E-state index contributed by atoms with van der Waals surface area (Å²) in [6.07, 6.45) is 1.91. The van der Waals surface area contributed by atoms with Gasteiger partial charge >= 0.3 is 0 Å². The molecule has 1 aliphatic heterocycles. The van der Waals surface area contributed by atoms with Crippen LogP contribution in [0, 0.1) is 12.7 Å². The van der Waals surface area contributed by atoms with Gasteiger partial charge in [0.25, 0.3) is 5.91 Å². The van der Waals surface area contributed by atoms with E-state index in [1.807, 2.05) is 43.3 Å². The number of hydrogen-bond donors (Lipinski definition) is 2. The van der Waals surface area contributed by atoms with Crippen molar-refractivity contribution < 1.29 is 9.18 Å². The number of rotatable bonds is 5. The molecule has 0 bridgehead atoms. The van der Waals surface area contributed by atoms with E-state index in [9.17, 15) is 9.18 Å². The van der Waals surface area contributed by atoms with Gasteiger partial charge in [-0.1, -0.05) is 71.4 Å². The Kier molecular flexibility index (Phi) is 6.30. The fraction of sp³-hybridized carbons (Fsp3) is 0.115. The third-order valence-electron chi connectivity index (χ3n) is 5.77. The van der Waals surface area contributed by atoms with Crippen molar-refractivity contribution >= 4 is 63.5 Å². The summed E-state index contributed by atoms with van der Waals surface area (Å²) in [5.41, 5.74) is 3.97. The largest absolute Gasteiger partial charge is 0.354 e. The normalized spacial score (nSPS) is 16.9. The van der Waals surface area contributed by atoms with Crippen molar-refractivity contribution in [3.05, 3.63) is 104 Å². The number of fused-ring (bicyclic) bond motifs is 1. The predicted molar refractivity (Wildman–Crippen MR) is 140 cm³/mol. The van der Waals surface area contributed by atoms with E-state index in [-0.39, 0.29) is 11.7 Å². The van der Waals surface area contributed by atoms with Gasteiger partial charge in [0.05, 0.1) is 20.6 Å². The third kappa shape index (κ3) is 4.41.